The molecule has 0 atom stereocenters. The highest BCUT2D eigenvalue weighted by molar-refractivity contribution is 6.21. The van der Waals surface area contributed by atoms with E-state index in [4.69, 9.17) is 0 Å². The number of benzene rings is 9. The van der Waals surface area contributed by atoms with Crippen molar-refractivity contribution in [2.75, 3.05) is 0 Å². The third kappa shape index (κ3) is 7.46. The molecule has 9 rings (SSSR count). The first kappa shape index (κ1) is 37.9. The standard InChI is InChI=1S/C56H42.C2H6/c1-3-18-39(4-2)42-23-16-27-46(36-42)49-34-33-48(38-54(49)47-28-17-26-45(37-47)44-25-15-24-43(35-44)40-19-7-5-8-20-40)56-52-31-13-11-29-50(52)55(41-21-9-6-10-22-41)51-30-12-14-32-53(51)56;1-2/h3-38H,1-2H3;1-2H3/b18-3-,39-4+;. The second kappa shape index (κ2) is 17.4. The molecule has 0 spiro atoms. The second-order valence-electron chi connectivity index (χ2n) is 14.3. The SMILES string of the molecule is C/C=C\C(=C/C)c1cccc(-c2ccc(-c3c4ccccc4c(-c4ccccc4)c4ccccc34)cc2-c2cccc(-c3cccc(-c4ccccc4)c3)c2)c1.CC. The summed E-state index contributed by atoms with van der Waals surface area (Å²) in [6.45, 7) is 8.19. The molecule has 0 heterocycles. The Morgan fingerprint density at radius 1 is 0.328 bits per heavy atom. The third-order valence-corrected chi connectivity index (χ3v) is 10.9. The van der Waals surface area contributed by atoms with Gasteiger partial charge in [-0.2, -0.15) is 0 Å². The molecule has 0 heteroatoms. The Balaban J connectivity index is 0.00000231. The number of hydrogen-bond donors (Lipinski definition) is 0. The lowest BCUT2D eigenvalue weighted by Gasteiger charge is -2.20. The van der Waals surface area contributed by atoms with E-state index in [1.807, 2.05) is 13.8 Å². The van der Waals surface area contributed by atoms with Gasteiger partial charge in [-0.25, -0.2) is 0 Å². The van der Waals surface area contributed by atoms with Gasteiger partial charge in [-0.05, 0) is 138 Å². The minimum atomic E-state index is 1.18. The van der Waals surface area contributed by atoms with Crippen molar-refractivity contribution in [3.8, 4) is 66.8 Å². The highest BCUT2D eigenvalue weighted by Crippen LogP contribution is 2.46. The first-order valence-corrected chi connectivity index (χ1v) is 20.5. The molecule has 58 heavy (non-hydrogen) atoms. The van der Waals surface area contributed by atoms with Crippen LogP contribution in [0.2, 0.25) is 0 Å². The Hall–Kier alpha value is -7.02. The van der Waals surface area contributed by atoms with Crippen molar-refractivity contribution in [1.82, 2.24) is 0 Å². The molecule has 0 nitrogen and oxygen atoms in total. The van der Waals surface area contributed by atoms with Crippen LogP contribution in [0.15, 0.2) is 218 Å². The molecule has 9 aromatic rings. The summed E-state index contributed by atoms with van der Waals surface area (Å²) in [6, 6.07) is 73.3. The van der Waals surface area contributed by atoms with Crippen molar-refractivity contribution in [3.05, 3.63) is 224 Å². The maximum absolute atomic E-state index is 2.43. The van der Waals surface area contributed by atoms with Gasteiger partial charge < -0.3 is 0 Å². The zero-order chi connectivity index (χ0) is 39.8. The Morgan fingerprint density at radius 2 is 0.759 bits per heavy atom. The van der Waals surface area contributed by atoms with Crippen LogP contribution in [0.4, 0.5) is 0 Å². The van der Waals surface area contributed by atoms with Crippen molar-refractivity contribution in [2.24, 2.45) is 0 Å². The van der Waals surface area contributed by atoms with Crippen molar-refractivity contribution >= 4 is 27.1 Å². The van der Waals surface area contributed by atoms with Crippen molar-refractivity contribution in [2.45, 2.75) is 27.7 Å². The van der Waals surface area contributed by atoms with E-state index < -0.39 is 0 Å². The average Bonchev–Trinajstić information content (AvgIpc) is 3.31. The number of rotatable bonds is 8. The van der Waals surface area contributed by atoms with Gasteiger partial charge >= 0.3 is 0 Å². The minimum Gasteiger partial charge on any atom is -0.0871 e. The number of hydrogen-bond acceptors (Lipinski definition) is 0. The summed E-state index contributed by atoms with van der Waals surface area (Å²) in [6.07, 6.45) is 6.48. The Morgan fingerprint density at radius 3 is 1.31 bits per heavy atom. The van der Waals surface area contributed by atoms with E-state index in [0.29, 0.717) is 0 Å². The van der Waals surface area contributed by atoms with Crippen molar-refractivity contribution in [1.29, 1.82) is 0 Å². The van der Waals surface area contributed by atoms with Gasteiger partial charge in [-0.15, -0.1) is 0 Å². The molecule has 0 fully saturated rings. The summed E-state index contributed by atoms with van der Waals surface area (Å²) in [7, 11) is 0. The smallest absolute Gasteiger partial charge is 0.00261 e. The van der Waals surface area contributed by atoms with Gasteiger partial charge in [0.1, 0.15) is 0 Å². The molecular formula is C58H48. The first-order valence-electron chi connectivity index (χ1n) is 20.5. The molecule has 0 amide bonds. The lowest BCUT2D eigenvalue weighted by Crippen LogP contribution is -1.93. The normalized spacial score (nSPS) is 11.5. The van der Waals surface area contributed by atoms with Crippen LogP contribution in [0.25, 0.3) is 93.9 Å². The molecule has 280 valence electrons. The van der Waals surface area contributed by atoms with Crippen LogP contribution in [0.1, 0.15) is 33.3 Å². The molecule has 0 N–H and O–H groups in total. The summed E-state index contributed by atoms with van der Waals surface area (Å²) in [4.78, 5) is 0. The predicted molar refractivity (Wildman–Crippen MR) is 254 cm³/mol. The topological polar surface area (TPSA) is 0 Å². The molecule has 0 saturated heterocycles. The van der Waals surface area contributed by atoms with E-state index in [2.05, 4.69) is 232 Å². The van der Waals surface area contributed by atoms with Crippen LogP contribution < -0.4 is 0 Å². The Bertz CT molecular complexity index is 2850. The van der Waals surface area contributed by atoms with Gasteiger partial charge in [-0.3, -0.25) is 0 Å². The average molecular weight is 745 g/mol. The second-order valence-corrected chi connectivity index (χ2v) is 14.3. The van der Waals surface area contributed by atoms with Crippen LogP contribution >= 0.6 is 0 Å². The van der Waals surface area contributed by atoms with Gasteiger partial charge in [-0.1, -0.05) is 208 Å². The summed E-state index contributed by atoms with van der Waals surface area (Å²) in [5.41, 5.74) is 17.0. The molecule has 0 bridgehead atoms. The molecule has 0 radical (unpaired) electrons. The number of allylic oxidation sites excluding steroid dienone is 4. The maximum Gasteiger partial charge on any atom is -0.00261 e. The number of fused-ring (bicyclic) bond motifs is 2. The lowest BCUT2D eigenvalue weighted by molar-refractivity contribution is 1.50. The zero-order valence-electron chi connectivity index (χ0n) is 33.8. The molecule has 0 aliphatic heterocycles. The van der Waals surface area contributed by atoms with Gasteiger partial charge in [0.2, 0.25) is 0 Å². The van der Waals surface area contributed by atoms with Gasteiger partial charge in [0.05, 0.1) is 0 Å². The van der Waals surface area contributed by atoms with E-state index in [1.165, 1.54) is 99.4 Å². The highest BCUT2D eigenvalue weighted by Gasteiger charge is 2.19. The molecular weight excluding hydrogens is 697 g/mol. The lowest BCUT2D eigenvalue weighted by atomic mass is 9.84. The fourth-order valence-corrected chi connectivity index (χ4v) is 8.33. The largest absolute Gasteiger partial charge is 0.0871 e. The summed E-state index contributed by atoms with van der Waals surface area (Å²) >= 11 is 0. The van der Waals surface area contributed by atoms with Gasteiger partial charge in [0, 0.05) is 0 Å². The molecule has 0 saturated carbocycles. The van der Waals surface area contributed by atoms with E-state index in [9.17, 15) is 0 Å². The quantitative estimate of drug-likeness (QED) is 0.107. The van der Waals surface area contributed by atoms with E-state index in [0.717, 1.165) is 0 Å². The fraction of sp³-hybridized carbons (Fsp3) is 0.0690. The molecule has 0 aromatic heterocycles. The summed E-state index contributed by atoms with van der Waals surface area (Å²) in [5, 5.41) is 5.02. The summed E-state index contributed by atoms with van der Waals surface area (Å²) < 4.78 is 0. The maximum atomic E-state index is 2.43. The molecule has 0 unspecified atom stereocenters. The Labute approximate surface area is 344 Å². The van der Waals surface area contributed by atoms with E-state index in [-0.39, 0.29) is 0 Å². The van der Waals surface area contributed by atoms with Crippen LogP contribution in [0.5, 0.6) is 0 Å². The third-order valence-electron chi connectivity index (χ3n) is 10.9. The van der Waals surface area contributed by atoms with Gasteiger partial charge in [0.25, 0.3) is 0 Å². The zero-order valence-corrected chi connectivity index (χ0v) is 33.8. The van der Waals surface area contributed by atoms with Crippen LogP contribution in [-0.2, 0) is 0 Å². The Kier molecular flexibility index (Phi) is 11.4. The fourth-order valence-electron chi connectivity index (χ4n) is 8.33. The predicted octanol–water partition coefficient (Wildman–Crippen LogP) is 17.0. The monoisotopic (exact) mass is 744 g/mol. The molecule has 9 aromatic carbocycles. The van der Waals surface area contributed by atoms with Gasteiger partial charge in [0.15, 0.2) is 0 Å². The van der Waals surface area contributed by atoms with Crippen molar-refractivity contribution in [3.63, 3.8) is 0 Å². The van der Waals surface area contributed by atoms with E-state index >= 15 is 0 Å². The summed E-state index contributed by atoms with van der Waals surface area (Å²) in [5.74, 6) is 0. The van der Waals surface area contributed by atoms with Crippen LogP contribution in [-0.4, -0.2) is 0 Å². The first-order chi connectivity index (χ1) is 28.7. The molecule has 0 aliphatic carbocycles. The van der Waals surface area contributed by atoms with Crippen LogP contribution in [0.3, 0.4) is 0 Å². The van der Waals surface area contributed by atoms with Crippen molar-refractivity contribution < 1.29 is 0 Å². The molecule has 0 aliphatic rings. The highest BCUT2D eigenvalue weighted by atomic mass is 14.2. The van der Waals surface area contributed by atoms with E-state index in [1.54, 1.807) is 0 Å². The minimum absolute atomic E-state index is 1.18. The van der Waals surface area contributed by atoms with Crippen LogP contribution in [0, 0.1) is 0 Å².